The zero-order valence-corrected chi connectivity index (χ0v) is 28.6. The predicted octanol–water partition coefficient (Wildman–Crippen LogP) is 9.75. The molecule has 0 unspecified atom stereocenters. The molecule has 7 heteroatoms. The lowest BCUT2D eigenvalue weighted by atomic mass is 9.87. The van der Waals surface area contributed by atoms with Gasteiger partial charge in [0.2, 0.25) is 0 Å². The molecule has 2 aromatic carbocycles. The molecule has 7 nitrogen and oxygen atoms in total. The minimum absolute atomic E-state index is 0.171. The second-order valence-electron chi connectivity index (χ2n) is 12.7. The van der Waals surface area contributed by atoms with Crippen molar-refractivity contribution in [3.63, 3.8) is 0 Å². The van der Waals surface area contributed by atoms with Crippen LogP contribution in [0.5, 0.6) is 11.5 Å². The van der Waals surface area contributed by atoms with Crippen molar-refractivity contribution in [3.8, 4) is 11.5 Å². The monoisotopic (exact) mass is 648 g/mol. The van der Waals surface area contributed by atoms with Crippen molar-refractivity contribution in [1.29, 1.82) is 0 Å². The van der Waals surface area contributed by atoms with Gasteiger partial charge in [0, 0.05) is 6.08 Å². The summed E-state index contributed by atoms with van der Waals surface area (Å²) >= 11 is 0. The number of carbonyl (C=O) groups is 3. The molecule has 0 atom stereocenters. The molecule has 258 valence electrons. The summed E-state index contributed by atoms with van der Waals surface area (Å²) in [5.41, 5.74) is 1.83. The van der Waals surface area contributed by atoms with Crippen molar-refractivity contribution < 1.29 is 33.3 Å². The molecule has 0 spiro atoms. The van der Waals surface area contributed by atoms with E-state index in [2.05, 4.69) is 13.5 Å². The van der Waals surface area contributed by atoms with E-state index >= 15 is 0 Å². The molecule has 0 bridgehead atoms. The fourth-order valence-corrected chi connectivity index (χ4v) is 5.87. The van der Waals surface area contributed by atoms with Gasteiger partial charge >= 0.3 is 17.9 Å². The van der Waals surface area contributed by atoms with E-state index < -0.39 is 0 Å². The topological polar surface area (TPSA) is 88.1 Å². The summed E-state index contributed by atoms with van der Waals surface area (Å²) in [5, 5.41) is 0. The van der Waals surface area contributed by atoms with Gasteiger partial charge in [-0.15, -0.1) is 0 Å². The van der Waals surface area contributed by atoms with Gasteiger partial charge in [-0.1, -0.05) is 89.8 Å². The summed E-state index contributed by atoms with van der Waals surface area (Å²) in [6, 6.07) is 15.0. The van der Waals surface area contributed by atoms with Crippen LogP contribution in [-0.2, 0) is 25.5 Å². The minimum atomic E-state index is -0.343. The van der Waals surface area contributed by atoms with Gasteiger partial charge in [-0.25, -0.2) is 9.59 Å². The molecule has 1 aliphatic rings. The largest absolute Gasteiger partial charge is 0.494 e. The maximum absolute atomic E-state index is 12.8. The number of hydrogen-bond donors (Lipinski definition) is 0. The van der Waals surface area contributed by atoms with Crippen LogP contribution in [0, 0.1) is 5.92 Å². The van der Waals surface area contributed by atoms with Crippen LogP contribution in [0.3, 0.4) is 0 Å². The highest BCUT2D eigenvalue weighted by Gasteiger charge is 2.30. The number of hydrogen-bond acceptors (Lipinski definition) is 7. The first-order valence-electron chi connectivity index (χ1n) is 18.0. The summed E-state index contributed by atoms with van der Waals surface area (Å²) in [6.45, 7) is 6.75. The Morgan fingerprint density at radius 3 is 1.89 bits per heavy atom. The van der Waals surface area contributed by atoms with E-state index in [9.17, 15) is 14.4 Å². The van der Waals surface area contributed by atoms with Gasteiger partial charge in [-0.2, -0.15) is 0 Å². The van der Waals surface area contributed by atoms with Crippen LogP contribution in [0.25, 0.3) is 0 Å². The standard InChI is InChI=1S/C40H56O7/c1-3-5-6-14-17-32-18-20-33(21-19-32)39(42)46-36-24-22-34(23-25-36)40(43)47-37-28-26-35(27-29-37)44-30-15-12-10-8-7-9-11-13-16-31-45-38(41)4-2/h4,18-21,26-29,34,36H,2-3,5-17,22-25,30-31H2,1H3. The number of ether oxygens (including phenoxy) is 4. The van der Waals surface area contributed by atoms with Crippen molar-refractivity contribution >= 4 is 17.9 Å². The third-order valence-electron chi connectivity index (χ3n) is 8.80. The molecule has 0 aliphatic heterocycles. The molecule has 0 radical (unpaired) electrons. The van der Waals surface area contributed by atoms with E-state index in [-0.39, 0.29) is 29.9 Å². The van der Waals surface area contributed by atoms with Crippen LogP contribution in [0.15, 0.2) is 61.2 Å². The van der Waals surface area contributed by atoms with Crippen molar-refractivity contribution in [3.05, 3.63) is 72.3 Å². The van der Waals surface area contributed by atoms with Crippen LogP contribution in [0.4, 0.5) is 0 Å². The lowest BCUT2D eigenvalue weighted by Gasteiger charge is -2.27. The van der Waals surface area contributed by atoms with Gasteiger partial charge in [-0.3, -0.25) is 4.79 Å². The first-order valence-corrected chi connectivity index (χ1v) is 18.0. The summed E-state index contributed by atoms with van der Waals surface area (Å²) in [7, 11) is 0. The number of unbranched alkanes of at least 4 members (excludes halogenated alkanes) is 11. The second kappa shape index (κ2) is 22.8. The molecule has 3 rings (SSSR count). The lowest BCUT2D eigenvalue weighted by Crippen LogP contribution is -2.30. The minimum Gasteiger partial charge on any atom is -0.494 e. The smallest absolute Gasteiger partial charge is 0.338 e. The van der Waals surface area contributed by atoms with E-state index in [1.54, 1.807) is 12.1 Å². The maximum Gasteiger partial charge on any atom is 0.338 e. The highest BCUT2D eigenvalue weighted by molar-refractivity contribution is 5.89. The van der Waals surface area contributed by atoms with Crippen molar-refractivity contribution in [2.45, 2.75) is 129 Å². The number of rotatable bonds is 23. The third-order valence-corrected chi connectivity index (χ3v) is 8.80. The van der Waals surface area contributed by atoms with Crippen LogP contribution in [-0.4, -0.2) is 37.2 Å². The van der Waals surface area contributed by atoms with Gasteiger partial charge in [-0.05, 0) is 93.3 Å². The molecule has 47 heavy (non-hydrogen) atoms. The molecule has 0 heterocycles. The highest BCUT2D eigenvalue weighted by atomic mass is 16.5. The summed E-state index contributed by atoms with van der Waals surface area (Å²) in [5.74, 6) is 0.231. The molecule has 1 saturated carbocycles. The molecule has 1 fully saturated rings. The molecule has 1 aliphatic carbocycles. The Labute approximate surface area is 282 Å². The Hall–Kier alpha value is -3.61. The fraction of sp³-hybridized carbons (Fsp3) is 0.575. The highest BCUT2D eigenvalue weighted by Crippen LogP contribution is 2.29. The Bertz CT molecular complexity index is 1180. The van der Waals surface area contributed by atoms with Gasteiger partial charge < -0.3 is 18.9 Å². The Morgan fingerprint density at radius 2 is 1.28 bits per heavy atom. The molecule has 0 aromatic heterocycles. The normalized spacial score (nSPS) is 15.9. The molecular weight excluding hydrogens is 592 g/mol. The molecule has 0 N–H and O–H groups in total. The number of aryl methyl sites for hydroxylation is 1. The molecule has 0 saturated heterocycles. The average Bonchev–Trinajstić information content (AvgIpc) is 3.09. The van der Waals surface area contributed by atoms with E-state index in [0.717, 1.165) is 37.9 Å². The lowest BCUT2D eigenvalue weighted by molar-refractivity contribution is -0.140. The summed E-state index contributed by atoms with van der Waals surface area (Å²) < 4.78 is 22.3. The predicted molar refractivity (Wildman–Crippen MR) is 186 cm³/mol. The molecular formula is C40H56O7. The molecule has 0 amide bonds. The average molecular weight is 649 g/mol. The van der Waals surface area contributed by atoms with E-state index in [1.165, 1.54) is 69.4 Å². The SMILES string of the molecule is C=CC(=O)OCCCCCCCCCCCOc1ccc(OC(=O)C2CCC(OC(=O)c3ccc(CCCCCC)cc3)CC2)cc1. The van der Waals surface area contributed by atoms with Crippen molar-refractivity contribution in [1.82, 2.24) is 0 Å². The number of carbonyl (C=O) groups excluding carboxylic acids is 3. The van der Waals surface area contributed by atoms with Gasteiger partial charge in [0.05, 0.1) is 24.7 Å². The number of benzene rings is 2. The first-order chi connectivity index (χ1) is 23.0. The van der Waals surface area contributed by atoms with Crippen LogP contribution in [0.2, 0.25) is 0 Å². The Balaban J connectivity index is 1.21. The van der Waals surface area contributed by atoms with Gasteiger partial charge in [0.15, 0.2) is 0 Å². The zero-order valence-electron chi connectivity index (χ0n) is 28.6. The van der Waals surface area contributed by atoms with Crippen LogP contribution < -0.4 is 9.47 Å². The van der Waals surface area contributed by atoms with Crippen molar-refractivity contribution in [2.24, 2.45) is 5.92 Å². The Morgan fingerprint density at radius 1 is 0.702 bits per heavy atom. The van der Waals surface area contributed by atoms with E-state index in [0.29, 0.717) is 50.2 Å². The quantitative estimate of drug-likeness (QED) is 0.0513. The van der Waals surface area contributed by atoms with Crippen LogP contribution >= 0.6 is 0 Å². The maximum atomic E-state index is 12.8. The van der Waals surface area contributed by atoms with Gasteiger partial charge in [0.1, 0.15) is 17.6 Å². The number of esters is 3. The Kier molecular flexibility index (Phi) is 18.4. The fourth-order valence-electron chi connectivity index (χ4n) is 5.87. The second-order valence-corrected chi connectivity index (χ2v) is 12.7. The molecule has 2 aromatic rings. The zero-order chi connectivity index (χ0) is 33.5. The third kappa shape index (κ3) is 15.7. The van der Waals surface area contributed by atoms with E-state index in [1.807, 2.05) is 36.4 Å². The summed E-state index contributed by atoms with van der Waals surface area (Å²) in [4.78, 5) is 36.5. The first kappa shape index (κ1) is 37.8. The van der Waals surface area contributed by atoms with Crippen LogP contribution in [0.1, 0.15) is 132 Å². The van der Waals surface area contributed by atoms with Crippen molar-refractivity contribution in [2.75, 3.05) is 13.2 Å². The summed E-state index contributed by atoms with van der Waals surface area (Å²) in [6.07, 6.45) is 19.8. The van der Waals surface area contributed by atoms with E-state index in [4.69, 9.17) is 18.9 Å². The van der Waals surface area contributed by atoms with Gasteiger partial charge in [0.25, 0.3) is 0 Å².